The Balaban J connectivity index is 0. The van der Waals surface area contributed by atoms with Gasteiger partial charge in [0.2, 0.25) is 0 Å². The van der Waals surface area contributed by atoms with Crippen molar-refractivity contribution in [2.45, 2.75) is 59.4 Å². The molecule has 0 aromatic carbocycles. The third kappa shape index (κ3) is 33.5. The molecule has 0 aliphatic carbocycles. The lowest BCUT2D eigenvalue weighted by Crippen LogP contribution is -2.15. The lowest BCUT2D eigenvalue weighted by atomic mass is 10.3. The Morgan fingerprint density at radius 3 is 1.54 bits per heavy atom. The molecule has 0 rings (SSSR count). The highest BCUT2D eigenvalue weighted by atomic mass is 14.8. The van der Waals surface area contributed by atoms with Crippen molar-refractivity contribution in [1.29, 1.82) is 0 Å². The van der Waals surface area contributed by atoms with Gasteiger partial charge >= 0.3 is 0 Å². The molecule has 0 bridgehead atoms. The van der Waals surface area contributed by atoms with Gasteiger partial charge < -0.3 is 11.1 Å². The fourth-order valence-corrected chi connectivity index (χ4v) is 0.729. The quantitative estimate of drug-likeness (QED) is 0.629. The number of hydrogen-bond acceptors (Lipinski definition) is 2. The summed E-state index contributed by atoms with van der Waals surface area (Å²) in [5, 5.41) is 3.39. The molecule has 0 radical (unpaired) electrons. The van der Waals surface area contributed by atoms with Crippen LogP contribution in [-0.4, -0.2) is 19.1 Å². The van der Waals surface area contributed by atoms with Crippen LogP contribution >= 0.6 is 0 Å². The third-order valence-electron chi connectivity index (χ3n) is 1.41. The molecule has 0 aromatic heterocycles. The minimum absolute atomic E-state index is 0.333. The van der Waals surface area contributed by atoms with Crippen molar-refractivity contribution in [2.75, 3.05) is 13.1 Å². The topological polar surface area (TPSA) is 38.0 Å². The van der Waals surface area contributed by atoms with E-state index in [1.54, 1.807) is 0 Å². The summed E-state index contributed by atoms with van der Waals surface area (Å²) in [7, 11) is 0. The number of nitrogens with two attached hydrogens (primary N) is 1. The second-order valence-corrected chi connectivity index (χ2v) is 3.70. The first-order chi connectivity index (χ1) is 6.15. The highest BCUT2D eigenvalue weighted by Crippen LogP contribution is 1.85. The zero-order chi connectivity index (χ0) is 10.5. The van der Waals surface area contributed by atoms with E-state index in [0.29, 0.717) is 6.04 Å². The molecule has 0 atom stereocenters. The van der Waals surface area contributed by atoms with Crippen molar-refractivity contribution >= 4 is 0 Å². The van der Waals surface area contributed by atoms with Gasteiger partial charge in [-0.2, -0.15) is 0 Å². The predicted octanol–water partition coefficient (Wildman–Crippen LogP) is 2.53. The summed E-state index contributed by atoms with van der Waals surface area (Å²) in [5.74, 6) is 0. The van der Waals surface area contributed by atoms with Crippen molar-refractivity contribution in [3.05, 3.63) is 0 Å². The van der Waals surface area contributed by atoms with Crippen molar-refractivity contribution in [2.24, 2.45) is 5.73 Å². The minimum Gasteiger partial charge on any atom is -0.328 e. The van der Waals surface area contributed by atoms with E-state index in [-0.39, 0.29) is 0 Å². The van der Waals surface area contributed by atoms with Gasteiger partial charge in [-0.05, 0) is 32.0 Å². The first kappa shape index (κ1) is 15.4. The summed E-state index contributed by atoms with van der Waals surface area (Å²) in [5.41, 5.74) is 5.11. The molecule has 0 aromatic rings. The van der Waals surface area contributed by atoms with E-state index in [1.807, 2.05) is 13.8 Å². The van der Waals surface area contributed by atoms with Crippen molar-refractivity contribution < 1.29 is 0 Å². The molecule has 13 heavy (non-hydrogen) atoms. The molecule has 0 spiro atoms. The van der Waals surface area contributed by atoms with Crippen LogP contribution in [0, 0.1) is 0 Å². The van der Waals surface area contributed by atoms with Crippen LogP contribution in [-0.2, 0) is 0 Å². The fraction of sp³-hybridized carbons (Fsp3) is 1.00. The van der Waals surface area contributed by atoms with Gasteiger partial charge in [0.05, 0.1) is 0 Å². The summed E-state index contributed by atoms with van der Waals surface area (Å²) in [6.07, 6.45) is 5.26. The Hall–Kier alpha value is -0.0800. The molecule has 0 saturated heterocycles. The Morgan fingerprint density at radius 2 is 1.31 bits per heavy atom. The van der Waals surface area contributed by atoms with E-state index in [1.165, 1.54) is 38.8 Å². The largest absolute Gasteiger partial charge is 0.328 e. The lowest BCUT2D eigenvalue weighted by molar-refractivity contribution is 0.611. The van der Waals surface area contributed by atoms with Gasteiger partial charge in [0, 0.05) is 0 Å². The van der Waals surface area contributed by atoms with Crippen LogP contribution in [0.2, 0.25) is 0 Å². The molecule has 0 fully saturated rings. The molecule has 0 aliphatic rings. The van der Waals surface area contributed by atoms with Crippen molar-refractivity contribution in [3.8, 4) is 0 Å². The fourth-order valence-electron chi connectivity index (χ4n) is 0.729. The normalized spacial score (nSPS) is 9.69. The van der Waals surface area contributed by atoms with Gasteiger partial charge in [-0.1, -0.05) is 40.5 Å². The van der Waals surface area contributed by atoms with E-state index in [4.69, 9.17) is 5.73 Å². The van der Waals surface area contributed by atoms with E-state index >= 15 is 0 Å². The van der Waals surface area contributed by atoms with Gasteiger partial charge in [0.1, 0.15) is 0 Å². The average molecular weight is 188 g/mol. The van der Waals surface area contributed by atoms with E-state index in [0.717, 1.165) is 0 Å². The standard InChI is InChI=1S/C8H19N.C3H9N/c1-3-5-7-9-8-6-4-2;1-3(2)4/h9H,3-8H2,1-2H3;3H,4H2,1-2H3. The minimum atomic E-state index is 0.333. The number of hydrogen-bond donors (Lipinski definition) is 2. The van der Waals surface area contributed by atoms with Crippen LogP contribution in [0.25, 0.3) is 0 Å². The van der Waals surface area contributed by atoms with Crippen LogP contribution in [0.3, 0.4) is 0 Å². The molecule has 82 valence electrons. The smallest absolute Gasteiger partial charge is 0.00179 e. The molecule has 2 heteroatoms. The maximum Gasteiger partial charge on any atom is -0.00179 e. The Morgan fingerprint density at radius 1 is 1.00 bits per heavy atom. The number of rotatable bonds is 6. The van der Waals surface area contributed by atoms with Gasteiger partial charge in [0.25, 0.3) is 0 Å². The second kappa shape index (κ2) is 14.4. The zero-order valence-corrected chi connectivity index (χ0v) is 9.90. The molecule has 0 heterocycles. The van der Waals surface area contributed by atoms with Gasteiger partial charge in [-0.3, -0.25) is 0 Å². The Labute approximate surface area is 84.3 Å². The Kier molecular flexibility index (Phi) is 17.1. The molecular formula is C11H28N2. The molecular weight excluding hydrogens is 160 g/mol. The summed E-state index contributed by atoms with van der Waals surface area (Å²) in [4.78, 5) is 0. The molecule has 0 saturated carbocycles. The molecule has 0 amide bonds. The number of nitrogens with one attached hydrogen (secondary N) is 1. The third-order valence-corrected chi connectivity index (χ3v) is 1.41. The summed E-state index contributed by atoms with van der Waals surface area (Å²) >= 11 is 0. The van der Waals surface area contributed by atoms with E-state index in [2.05, 4.69) is 19.2 Å². The van der Waals surface area contributed by atoms with Crippen LogP contribution in [0.15, 0.2) is 0 Å². The molecule has 3 N–H and O–H groups in total. The Bertz CT molecular complexity index is 63.7. The van der Waals surface area contributed by atoms with Crippen LogP contribution < -0.4 is 11.1 Å². The van der Waals surface area contributed by atoms with Crippen LogP contribution in [0.4, 0.5) is 0 Å². The zero-order valence-electron chi connectivity index (χ0n) is 9.90. The SMILES string of the molecule is CC(C)N.CCCCNCCCC. The highest BCUT2D eigenvalue weighted by Gasteiger charge is 1.83. The van der Waals surface area contributed by atoms with Gasteiger partial charge in [0.15, 0.2) is 0 Å². The van der Waals surface area contributed by atoms with Gasteiger partial charge in [-0.15, -0.1) is 0 Å². The molecule has 2 nitrogen and oxygen atoms in total. The monoisotopic (exact) mass is 188 g/mol. The first-order valence-corrected chi connectivity index (χ1v) is 5.61. The van der Waals surface area contributed by atoms with Crippen LogP contribution in [0.5, 0.6) is 0 Å². The maximum atomic E-state index is 5.11. The maximum absolute atomic E-state index is 5.11. The van der Waals surface area contributed by atoms with Crippen molar-refractivity contribution in [3.63, 3.8) is 0 Å². The summed E-state index contributed by atoms with van der Waals surface area (Å²) in [6.45, 7) is 10.7. The summed E-state index contributed by atoms with van der Waals surface area (Å²) in [6, 6.07) is 0.333. The second-order valence-electron chi connectivity index (χ2n) is 3.70. The molecule has 0 aliphatic heterocycles. The molecule has 0 unspecified atom stereocenters. The van der Waals surface area contributed by atoms with Crippen LogP contribution in [0.1, 0.15) is 53.4 Å². The highest BCUT2D eigenvalue weighted by molar-refractivity contribution is 4.45. The van der Waals surface area contributed by atoms with Gasteiger partial charge in [-0.25, -0.2) is 0 Å². The van der Waals surface area contributed by atoms with E-state index in [9.17, 15) is 0 Å². The predicted molar refractivity (Wildman–Crippen MR) is 62.0 cm³/mol. The summed E-state index contributed by atoms with van der Waals surface area (Å²) < 4.78 is 0. The average Bonchev–Trinajstić information content (AvgIpc) is 2.03. The lowest BCUT2D eigenvalue weighted by Gasteiger charge is -1.99. The van der Waals surface area contributed by atoms with Crippen molar-refractivity contribution in [1.82, 2.24) is 5.32 Å². The van der Waals surface area contributed by atoms with E-state index < -0.39 is 0 Å². The first-order valence-electron chi connectivity index (χ1n) is 5.61. The number of unbranched alkanes of at least 4 members (excludes halogenated alkanes) is 2.